The lowest BCUT2D eigenvalue weighted by atomic mass is 9.92. The Bertz CT molecular complexity index is 506. The van der Waals surface area contributed by atoms with Crippen molar-refractivity contribution >= 4 is 18.2 Å². The van der Waals surface area contributed by atoms with E-state index in [0.717, 1.165) is 0 Å². The molecule has 1 N–H and O–H groups in total. The third kappa shape index (κ3) is 7.19. The second-order valence-corrected chi connectivity index (χ2v) is 8.10. The summed E-state index contributed by atoms with van der Waals surface area (Å²) in [6.45, 7) is 11.1. The van der Waals surface area contributed by atoms with Crippen LogP contribution in [0.5, 0.6) is 0 Å². The molecular formula is C17H30N2O6. The number of amides is 2. The van der Waals surface area contributed by atoms with Crippen molar-refractivity contribution in [1.29, 1.82) is 0 Å². The highest BCUT2D eigenvalue weighted by atomic mass is 16.6. The number of hydrogen-bond acceptors (Lipinski definition) is 6. The fourth-order valence-corrected chi connectivity index (χ4v) is 2.48. The quantitative estimate of drug-likeness (QED) is 0.601. The average molecular weight is 358 g/mol. The van der Waals surface area contributed by atoms with Crippen molar-refractivity contribution in [3.8, 4) is 0 Å². The zero-order valence-corrected chi connectivity index (χ0v) is 16.2. The van der Waals surface area contributed by atoms with Crippen LogP contribution in [0.2, 0.25) is 0 Å². The van der Waals surface area contributed by atoms with Crippen LogP contribution in [0, 0.1) is 5.92 Å². The molecule has 0 aromatic rings. The van der Waals surface area contributed by atoms with Gasteiger partial charge in [0.05, 0.1) is 19.1 Å². The monoisotopic (exact) mass is 358 g/mol. The first-order valence-electron chi connectivity index (χ1n) is 8.37. The lowest BCUT2D eigenvalue weighted by Gasteiger charge is -2.38. The Morgan fingerprint density at radius 1 is 1.00 bits per heavy atom. The minimum absolute atomic E-state index is 0.147. The van der Waals surface area contributed by atoms with Crippen molar-refractivity contribution in [2.45, 2.75) is 65.2 Å². The fraction of sp³-hybridized carbons (Fsp3) is 0.824. The third-order valence-electron chi connectivity index (χ3n) is 3.47. The number of piperidine rings is 1. The van der Waals surface area contributed by atoms with Gasteiger partial charge in [0.15, 0.2) is 0 Å². The molecule has 0 aromatic heterocycles. The first-order chi connectivity index (χ1) is 11.3. The van der Waals surface area contributed by atoms with Crippen LogP contribution < -0.4 is 5.32 Å². The number of hydrogen-bond donors (Lipinski definition) is 1. The lowest BCUT2D eigenvalue weighted by molar-refractivity contribution is -0.148. The molecule has 0 bridgehead atoms. The van der Waals surface area contributed by atoms with Gasteiger partial charge in [0.1, 0.15) is 11.2 Å². The summed E-state index contributed by atoms with van der Waals surface area (Å²) in [5, 5.41) is 2.68. The van der Waals surface area contributed by atoms with E-state index in [4.69, 9.17) is 14.2 Å². The summed E-state index contributed by atoms with van der Waals surface area (Å²) < 4.78 is 15.4. The molecule has 1 saturated heterocycles. The van der Waals surface area contributed by atoms with Crippen molar-refractivity contribution < 1.29 is 28.6 Å². The summed E-state index contributed by atoms with van der Waals surface area (Å²) >= 11 is 0. The van der Waals surface area contributed by atoms with Gasteiger partial charge in [-0.1, -0.05) is 0 Å². The maximum Gasteiger partial charge on any atom is 0.410 e. The number of carbonyl (C=O) groups is 3. The average Bonchev–Trinajstić information content (AvgIpc) is 2.42. The Morgan fingerprint density at radius 3 is 2.04 bits per heavy atom. The first-order valence-corrected chi connectivity index (χ1v) is 8.37. The number of carbonyl (C=O) groups excluding carboxylic acids is 3. The molecule has 2 amide bonds. The number of nitrogens with one attached hydrogen (secondary N) is 1. The van der Waals surface area contributed by atoms with Gasteiger partial charge in [-0.25, -0.2) is 9.59 Å². The molecule has 1 aliphatic heterocycles. The number of alkyl carbamates (subject to hydrolysis) is 1. The maximum atomic E-state index is 12.3. The summed E-state index contributed by atoms with van der Waals surface area (Å²) in [5.41, 5.74) is -1.28. The van der Waals surface area contributed by atoms with E-state index < -0.39 is 41.3 Å². The van der Waals surface area contributed by atoms with Crippen LogP contribution in [-0.4, -0.2) is 60.5 Å². The van der Waals surface area contributed by atoms with Gasteiger partial charge in [-0.15, -0.1) is 0 Å². The van der Waals surface area contributed by atoms with Gasteiger partial charge in [0.25, 0.3) is 0 Å². The van der Waals surface area contributed by atoms with Crippen molar-refractivity contribution in [3.63, 3.8) is 0 Å². The van der Waals surface area contributed by atoms with Crippen LogP contribution in [0.15, 0.2) is 0 Å². The smallest absolute Gasteiger partial charge is 0.410 e. The van der Waals surface area contributed by atoms with E-state index in [1.54, 1.807) is 41.5 Å². The number of nitrogens with zero attached hydrogens (tertiary/aromatic N) is 1. The van der Waals surface area contributed by atoms with E-state index in [9.17, 15) is 14.4 Å². The van der Waals surface area contributed by atoms with Gasteiger partial charge in [-0.3, -0.25) is 4.79 Å². The Morgan fingerprint density at radius 2 is 1.56 bits per heavy atom. The maximum absolute atomic E-state index is 12.3. The van der Waals surface area contributed by atoms with Gasteiger partial charge >= 0.3 is 18.2 Å². The second kappa shape index (κ2) is 7.93. The summed E-state index contributed by atoms with van der Waals surface area (Å²) in [4.78, 5) is 37.8. The molecule has 0 unspecified atom stereocenters. The molecule has 144 valence electrons. The summed E-state index contributed by atoms with van der Waals surface area (Å²) in [7, 11) is 1.30. The number of esters is 1. The van der Waals surface area contributed by atoms with Gasteiger partial charge in [0, 0.05) is 13.1 Å². The SMILES string of the molecule is COC(=O)[C@H]1CCN(C(=O)OC(C)(C)C)C[C@H]1NC(=O)OC(C)(C)C. The fourth-order valence-electron chi connectivity index (χ4n) is 2.48. The standard InChI is InChI=1S/C17H30N2O6/c1-16(2,3)24-14(21)18-12-10-19(15(22)25-17(4,5)6)9-8-11(12)13(20)23-7/h11-12H,8-10H2,1-7H3,(H,18,21)/t11-,12+/m0/s1. The van der Waals surface area contributed by atoms with Crippen molar-refractivity contribution in [2.24, 2.45) is 5.92 Å². The van der Waals surface area contributed by atoms with Crippen molar-refractivity contribution in [2.75, 3.05) is 20.2 Å². The normalized spacial score (nSPS) is 21.3. The second-order valence-electron chi connectivity index (χ2n) is 8.10. The van der Waals surface area contributed by atoms with Gasteiger partial charge in [-0.05, 0) is 48.0 Å². The molecule has 1 heterocycles. The first kappa shape index (κ1) is 21.1. The summed E-state index contributed by atoms with van der Waals surface area (Å²) in [6.07, 6.45) is -0.754. The number of ether oxygens (including phenoxy) is 3. The minimum atomic E-state index is -0.662. The van der Waals surface area contributed by atoms with Crippen LogP contribution in [0.4, 0.5) is 9.59 Å². The molecule has 1 aliphatic rings. The summed E-state index contributed by atoms with van der Waals surface area (Å²) in [6, 6.07) is -0.608. The van der Waals surface area contributed by atoms with Crippen LogP contribution in [0.25, 0.3) is 0 Å². The minimum Gasteiger partial charge on any atom is -0.469 e. The molecule has 8 heteroatoms. The lowest BCUT2D eigenvalue weighted by Crippen LogP contribution is -2.57. The molecule has 0 aliphatic carbocycles. The van der Waals surface area contributed by atoms with Gasteiger partial charge < -0.3 is 24.4 Å². The Hall–Kier alpha value is -1.99. The molecule has 2 atom stereocenters. The zero-order chi connectivity index (χ0) is 19.4. The molecule has 8 nitrogen and oxygen atoms in total. The predicted octanol–water partition coefficient (Wildman–Crippen LogP) is 2.31. The molecule has 0 radical (unpaired) electrons. The third-order valence-corrected chi connectivity index (χ3v) is 3.47. The molecule has 0 aromatic carbocycles. The molecule has 1 fully saturated rings. The van der Waals surface area contributed by atoms with E-state index in [1.165, 1.54) is 12.0 Å². The molecule has 25 heavy (non-hydrogen) atoms. The predicted molar refractivity (Wildman–Crippen MR) is 91.1 cm³/mol. The van der Waals surface area contributed by atoms with E-state index in [2.05, 4.69) is 5.32 Å². The van der Waals surface area contributed by atoms with Crippen LogP contribution >= 0.6 is 0 Å². The van der Waals surface area contributed by atoms with Gasteiger partial charge in [-0.2, -0.15) is 0 Å². The number of rotatable bonds is 2. The zero-order valence-electron chi connectivity index (χ0n) is 16.2. The van der Waals surface area contributed by atoms with E-state index in [-0.39, 0.29) is 6.54 Å². The number of methoxy groups -OCH3 is 1. The van der Waals surface area contributed by atoms with Crippen molar-refractivity contribution in [1.82, 2.24) is 10.2 Å². The number of likely N-dealkylation sites (tertiary alicyclic amines) is 1. The Balaban J connectivity index is 2.83. The summed E-state index contributed by atoms with van der Waals surface area (Å²) in [5.74, 6) is -0.971. The van der Waals surface area contributed by atoms with E-state index in [1.807, 2.05) is 0 Å². The van der Waals surface area contributed by atoms with Gasteiger partial charge in [0.2, 0.25) is 0 Å². The molecular weight excluding hydrogens is 328 g/mol. The highest BCUT2D eigenvalue weighted by molar-refractivity contribution is 5.76. The Labute approximate surface area is 149 Å². The van der Waals surface area contributed by atoms with E-state index >= 15 is 0 Å². The topological polar surface area (TPSA) is 94.2 Å². The molecule has 1 rings (SSSR count). The molecule has 0 saturated carbocycles. The molecule has 0 spiro atoms. The van der Waals surface area contributed by atoms with E-state index in [0.29, 0.717) is 13.0 Å². The highest BCUT2D eigenvalue weighted by Gasteiger charge is 2.39. The highest BCUT2D eigenvalue weighted by Crippen LogP contribution is 2.22. The van der Waals surface area contributed by atoms with Crippen molar-refractivity contribution in [3.05, 3.63) is 0 Å². The van der Waals surface area contributed by atoms with Crippen LogP contribution in [0.1, 0.15) is 48.0 Å². The van der Waals surface area contributed by atoms with Crippen LogP contribution in [-0.2, 0) is 19.0 Å². The van der Waals surface area contributed by atoms with Crippen LogP contribution in [0.3, 0.4) is 0 Å². The largest absolute Gasteiger partial charge is 0.469 e. The Kier molecular flexibility index (Phi) is 6.68.